The summed E-state index contributed by atoms with van der Waals surface area (Å²) in [7, 11) is 0. The van der Waals surface area contributed by atoms with Crippen LogP contribution in [0.1, 0.15) is 48.1 Å². The molecular formula is C29H27N3O4S. The van der Waals surface area contributed by atoms with E-state index in [2.05, 4.69) is 11.9 Å². The lowest BCUT2D eigenvalue weighted by molar-refractivity contribution is -0.132. The molecule has 0 aliphatic carbocycles. The number of carbonyl (C=O) groups excluding carboxylic acids is 2. The van der Waals surface area contributed by atoms with Crippen molar-refractivity contribution in [2.24, 2.45) is 0 Å². The first-order chi connectivity index (χ1) is 17.9. The van der Waals surface area contributed by atoms with Gasteiger partial charge in [-0.15, -0.1) is 0 Å². The van der Waals surface area contributed by atoms with E-state index >= 15 is 0 Å². The number of thiazole rings is 1. The van der Waals surface area contributed by atoms with Crippen molar-refractivity contribution in [3.05, 3.63) is 88.8 Å². The lowest BCUT2D eigenvalue weighted by Gasteiger charge is -2.22. The van der Waals surface area contributed by atoms with Gasteiger partial charge in [0.05, 0.1) is 28.4 Å². The molecule has 1 unspecified atom stereocenters. The first kappa shape index (κ1) is 24.6. The van der Waals surface area contributed by atoms with E-state index in [9.17, 15) is 14.7 Å². The quantitative estimate of drug-likeness (QED) is 0.139. The molecule has 4 aromatic rings. The number of nitrogens with zero attached hydrogens (tertiary/aromatic N) is 3. The minimum Gasteiger partial charge on any atom is -0.507 e. The molecule has 7 nitrogen and oxygen atoms in total. The van der Waals surface area contributed by atoms with Crippen molar-refractivity contribution in [3.63, 3.8) is 0 Å². The molecule has 2 aromatic carbocycles. The number of amides is 1. The normalized spacial score (nSPS) is 17.1. The molecule has 3 heterocycles. The fourth-order valence-electron chi connectivity index (χ4n) is 4.58. The molecule has 0 radical (unpaired) electrons. The van der Waals surface area contributed by atoms with Gasteiger partial charge in [-0.3, -0.25) is 19.5 Å². The highest BCUT2D eigenvalue weighted by atomic mass is 32.1. The largest absolute Gasteiger partial charge is 0.507 e. The van der Waals surface area contributed by atoms with Crippen molar-refractivity contribution in [1.29, 1.82) is 0 Å². The number of carbonyl (C=O) groups is 2. The number of aryl methyl sites for hydroxylation is 2. The highest BCUT2D eigenvalue weighted by Crippen LogP contribution is 2.44. The predicted octanol–water partition coefficient (Wildman–Crippen LogP) is 6.11. The van der Waals surface area contributed by atoms with Gasteiger partial charge in [-0.25, -0.2) is 4.98 Å². The van der Waals surface area contributed by atoms with Gasteiger partial charge in [-0.05, 0) is 67.3 Å². The number of ether oxygens (including phenoxy) is 1. The lowest BCUT2D eigenvalue weighted by Crippen LogP contribution is -2.29. The van der Waals surface area contributed by atoms with Crippen molar-refractivity contribution in [2.75, 3.05) is 11.5 Å². The van der Waals surface area contributed by atoms with Gasteiger partial charge in [0.15, 0.2) is 5.13 Å². The first-order valence-corrected chi connectivity index (χ1v) is 13.0. The second-order valence-corrected chi connectivity index (χ2v) is 10.1. The Labute approximate surface area is 219 Å². The maximum atomic E-state index is 13.5. The molecule has 2 aromatic heterocycles. The molecule has 1 atom stereocenters. The number of unbranched alkanes of at least 4 members (excludes halogenated alkanes) is 1. The number of fused-ring (bicyclic) bond motifs is 1. The summed E-state index contributed by atoms with van der Waals surface area (Å²) in [4.78, 5) is 37.1. The molecule has 37 heavy (non-hydrogen) atoms. The number of hydrogen-bond acceptors (Lipinski definition) is 7. The second kappa shape index (κ2) is 10.1. The van der Waals surface area contributed by atoms with Crippen LogP contribution in [0.5, 0.6) is 5.75 Å². The Morgan fingerprint density at radius 3 is 2.65 bits per heavy atom. The predicted molar refractivity (Wildman–Crippen MR) is 145 cm³/mol. The van der Waals surface area contributed by atoms with Crippen molar-refractivity contribution in [3.8, 4) is 5.75 Å². The van der Waals surface area contributed by atoms with E-state index in [1.807, 2.05) is 26.0 Å². The van der Waals surface area contributed by atoms with Crippen LogP contribution in [0.25, 0.3) is 16.0 Å². The van der Waals surface area contributed by atoms with Gasteiger partial charge in [0.1, 0.15) is 11.5 Å². The van der Waals surface area contributed by atoms with E-state index in [0.717, 1.165) is 34.2 Å². The number of anilines is 1. The van der Waals surface area contributed by atoms with E-state index in [4.69, 9.17) is 9.72 Å². The number of hydrogen-bond donors (Lipinski definition) is 1. The molecule has 8 heteroatoms. The molecule has 0 spiro atoms. The second-order valence-electron chi connectivity index (χ2n) is 9.10. The maximum absolute atomic E-state index is 13.5. The molecule has 1 N–H and O–H groups in total. The summed E-state index contributed by atoms with van der Waals surface area (Å²) in [6.45, 7) is 6.62. The van der Waals surface area contributed by atoms with Crippen LogP contribution in [-0.2, 0) is 9.59 Å². The summed E-state index contributed by atoms with van der Waals surface area (Å²) in [6.07, 6.45) is 5.11. The molecule has 1 fully saturated rings. The number of Topliss-reactive ketones (excluding diaryl/α,β-unsaturated/α-hetero) is 1. The third-order valence-corrected chi connectivity index (χ3v) is 7.37. The van der Waals surface area contributed by atoms with Gasteiger partial charge in [0.2, 0.25) is 0 Å². The summed E-state index contributed by atoms with van der Waals surface area (Å²) in [5.74, 6) is -1.16. The van der Waals surface area contributed by atoms with Crippen LogP contribution >= 0.6 is 11.3 Å². The van der Waals surface area contributed by atoms with Crippen molar-refractivity contribution >= 4 is 44.1 Å². The molecule has 1 amide bonds. The Morgan fingerprint density at radius 2 is 1.89 bits per heavy atom. The Kier molecular flexibility index (Phi) is 6.76. The van der Waals surface area contributed by atoms with Crippen molar-refractivity contribution in [1.82, 2.24) is 9.97 Å². The first-order valence-electron chi connectivity index (χ1n) is 12.2. The molecule has 188 valence electrons. The van der Waals surface area contributed by atoms with Crippen molar-refractivity contribution in [2.45, 2.75) is 39.7 Å². The van der Waals surface area contributed by atoms with Crippen LogP contribution in [0.4, 0.5) is 5.13 Å². The number of aromatic nitrogens is 2. The van der Waals surface area contributed by atoms with Crippen molar-refractivity contribution < 1.29 is 19.4 Å². The summed E-state index contributed by atoms with van der Waals surface area (Å²) < 4.78 is 6.72. The van der Waals surface area contributed by atoms with Crippen LogP contribution in [0.2, 0.25) is 0 Å². The van der Waals surface area contributed by atoms with Crippen LogP contribution in [0, 0.1) is 13.8 Å². The van der Waals surface area contributed by atoms with E-state index in [-0.39, 0.29) is 11.3 Å². The Bertz CT molecular complexity index is 1530. The van der Waals surface area contributed by atoms with Gasteiger partial charge in [0, 0.05) is 18.0 Å². The van der Waals surface area contributed by atoms with Crippen LogP contribution in [-0.4, -0.2) is 33.4 Å². The molecule has 1 aliphatic heterocycles. The topological polar surface area (TPSA) is 92.6 Å². The van der Waals surface area contributed by atoms with E-state index < -0.39 is 17.7 Å². The Balaban J connectivity index is 1.65. The number of rotatable bonds is 7. The molecular weight excluding hydrogens is 486 g/mol. The smallest absolute Gasteiger partial charge is 0.301 e. The highest BCUT2D eigenvalue weighted by Gasteiger charge is 2.48. The molecule has 0 bridgehead atoms. The van der Waals surface area contributed by atoms with E-state index in [1.54, 1.807) is 48.8 Å². The summed E-state index contributed by atoms with van der Waals surface area (Å²) in [5, 5.41) is 11.8. The monoisotopic (exact) mass is 513 g/mol. The van der Waals surface area contributed by atoms with Crippen LogP contribution in [0.15, 0.2) is 66.5 Å². The Morgan fingerprint density at radius 1 is 1.11 bits per heavy atom. The summed E-state index contributed by atoms with van der Waals surface area (Å²) >= 11 is 1.35. The standard InChI is InChI=1S/C29H27N3O4S/c1-4-5-13-36-21-8-6-7-20(16-21)26(33)23-25(19-9-11-30-12-10-19)32(28(35)27(23)34)29-31-24-18(3)14-17(2)15-22(24)37-29/h6-12,14-16,25,33H,4-5,13H2,1-3H3/b26-23+. The van der Waals surface area contributed by atoms with Gasteiger partial charge in [0.25, 0.3) is 5.78 Å². The molecule has 1 aliphatic rings. The van der Waals surface area contributed by atoms with Gasteiger partial charge < -0.3 is 9.84 Å². The third-order valence-electron chi connectivity index (χ3n) is 6.36. The zero-order valence-corrected chi connectivity index (χ0v) is 21.7. The maximum Gasteiger partial charge on any atom is 0.301 e. The minimum absolute atomic E-state index is 0.00840. The average Bonchev–Trinajstić information content (AvgIpc) is 3.43. The lowest BCUT2D eigenvalue weighted by atomic mass is 9.96. The van der Waals surface area contributed by atoms with E-state index in [0.29, 0.717) is 28.6 Å². The highest BCUT2D eigenvalue weighted by molar-refractivity contribution is 7.22. The molecule has 1 saturated heterocycles. The SMILES string of the molecule is CCCCOc1cccc(/C(O)=C2\C(=O)C(=O)N(c3nc4c(C)cc(C)cc4s3)C2c2ccncc2)c1. The summed E-state index contributed by atoms with van der Waals surface area (Å²) in [6, 6.07) is 13.6. The number of ketones is 1. The third kappa shape index (κ3) is 4.60. The summed E-state index contributed by atoms with van der Waals surface area (Å²) in [5.41, 5.74) is 3.94. The number of pyridine rings is 1. The fourth-order valence-corrected chi connectivity index (χ4v) is 5.74. The zero-order chi connectivity index (χ0) is 26.1. The molecule has 5 rings (SSSR count). The zero-order valence-electron chi connectivity index (χ0n) is 20.9. The minimum atomic E-state index is -0.852. The van der Waals surface area contributed by atoms with Crippen LogP contribution < -0.4 is 9.64 Å². The fraction of sp³-hybridized carbons (Fsp3) is 0.241. The van der Waals surface area contributed by atoms with Crippen LogP contribution in [0.3, 0.4) is 0 Å². The number of aliphatic hydroxyl groups excluding tert-OH is 1. The van der Waals surface area contributed by atoms with Gasteiger partial charge in [-0.1, -0.05) is 42.9 Å². The number of aliphatic hydroxyl groups is 1. The van der Waals surface area contributed by atoms with E-state index in [1.165, 1.54) is 16.2 Å². The number of benzene rings is 2. The molecule has 0 saturated carbocycles. The van der Waals surface area contributed by atoms with Gasteiger partial charge >= 0.3 is 5.91 Å². The average molecular weight is 514 g/mol. The Hall–Kier alpha value is -4.04. The van der Waals surface area contributed by atoms with Gasteiger partial charge in [-0.2, -0.15) is 0 Å².